The summed E-state index contributed by atoms with van der Waals surface area (Å²) >= 11 is 0. The van der Waals surface area contributed by atoms with Gasteiger partial charge in [-0.2, -0.15) is 0 Å². The summed E-state index contributed by atoms with van der Waals surface area (Å²) in [5.41, 5.74) is -0.593. The summed E-state index contributed by atoms with van der Waals surface area (Å²) in [5.74, 6) is -7.22. The van der Waals surface area contributed by atoms with Crippen molar-refractivity contribution < 1.29 is 27.9 Å². The number of hydrogen-bond donors (Lipinski definition) is 1. The number of halogens is 3. The molecule has 0 aliphatic carbocycles. The fourth-order valence-corrected chi connectivity index (χ4v) is 2.01. The van der Waals surface area contributed by atoms with Crippen molar-refractivity contribution in [2.24, 2.45) is 5.92 Å². The first-order valence-electron chi connectivity index (χ1n) is 5.57. The Morgan fingerprint density at radius 1 is 1.21 bits per heavy atom. The minimum atomic E-state index is -1.71. The van der Waals surface area contributed by atoms with Crippen LogP contribution in [0.2, 0.25) is 0 Å². The van der Waals surface area contributed by atoms with Crippen LogP contribution in [0.5, 0.6) is 0 Å². The lowest BCUT2D eigenvalue weighted by Crippen LogP contribution is -2.30. The maximum absolute atomic E-state index is 13.4. The summed E-state index contributed by atoms with van der Waals surface area (Å²) in [7, 11) is 0. The summed E-state index contributed by atoms with van der Waals surface area (Å²) in [6.07, 6.45) is 0.256. The maximum atomic E-state index is 13.4. The van der Waals surface area contributed by atoms with Crippen LogP contribution in [-0.2, 0) is 4.79 Å². The minimum Gasteiger partial charge on any atom is -0.481 e. The summed E-state index contributed by atoms with van der Waals surface area (Å²) in [6.45, 7) is 0.0842. The van der Waals surface area contributed by atoms with Crippen molar-refractivity contribution in [1.82, 2.24) is 4.90 Å². The van der Waals surface area contributed by atoms with E-state index in [-0.39, 0.29) is 19.5 Å². The molecule has 4 nitrogen and oxygen atoms in total. The number of rotatable bonds is 2. The minimum absolute atomic E-state index is 0.0629. The molecule has 1 aromatic rings. The fraction of sp³-hybridized carbons (Fsp3) is 0.333. The average Bonchev–Trinajstić information content (AvgIpc) is 2.85. The van der Waals surface area contributed by atoms with Crippen molar-refractivity contribution in [2.75, 3.05) is 13.1 Å². The molecule has 1 heterocycles. The molecule has 1 aromatic carbocycles. The van der Waals surface area contributed by atoms with Crippen molar-refractivity contribution >= 4 is 11.9 Å². The smallest absolute Gasteiger partial charge is 0.308 e. The van der Waals surface area contributed by atoms with Crippen LogP contribution in [-0.4, -0.2) is 35.0 Å². The van der Waals surface area contributed by atoms with E-state index in [1.807, 2.05) is 0 Å². The first kappa shape index (κ1) is 13.4. The zero-order valence-corrected chi connectivity index (χ0v) is 9.70. The van der Waals surface area contributed by atoms with Gasteiger partial charge in [-0.3, -0.25) is 9.59 Å². The molecule has 2 rings (SSSR count). The Morgan fingerprint density at radius 3 is 2.47 bits per heavy atom. The van der Waals surface area contributed by atoms with Gasteiger partial charge in [0.25, 0.3) is 5.91 Å². The number of nitrogens with zero attached hydrogens (tertiary/aromatic N) is 1. The Bertz CT molecular complexity index is 547. The normalized spacial score (nSPS) is 18.7. The van der Waals surface area contributed by atoms with Gasteiger partial charge < -0.3 is 10.0 Å². The molecular weight excluding hydrogens is 263 g/mol. The lowest BCUT2D eigenvalue weighted by molar-refractivity contribution is -0.141. The number of carboxylic acid groups (broad SMARTS) is 1. The van der Waals surface area contributed by atoms with E-state index in [9.17, 15) is 22.8 Å². The number of amides is 1. The Labute approximate surface area is 106 Å². The van der Waals surface area contributed by atoms with E-state index in [0.29, 0.717) is 6.07 Å². The molecule has 7 heteroatoms. The molecule has 0 spiro atoms. The molecular formula is C12H10F3NO3. The second-order valence-corrected chi connectivity index (χ2v) is 4.30. The molecule has 0 bridgehead atoms. The average molecular weight is 273 g/mol. The molecule has 1 amide bonds. The first-order valence-corrected chi connectivity index (χ1v) is 5.57. The molecule has 0 saturated carbocycles. The van der Waals surface area contributed by atoms with Crippen molar-refractivity contribution in [1.29, 1.82) is 0 Å². The first-order chi connectivity index (χ1) is 8.91. The summed E-state index contributed by atoms with van der Waals surface area (Å²) in [4.78, 5) is 23.8. The highest BCUT2D eigenvalue weighted by Crippen LogP contribution is 2.22. The van der Waals surface area contributed by atoms with Crippen LogP contribution in [0.4, 0.5) is 13.2 Å². The van der Waals surface area contributed by atoms with Gasteiger partial charge >= 0.3 is 5.97 Å². The van der Waals surface area contributed by atoms with Gasteiger partial charge in [0.1, 0.15) is 0 Å². The molecule has 1 saturated heterocycles. The second kappa shape index (κ2) is 4.91. The highest BCUT2D eigenvalue weighted by molar-refractivity contribution is 5.95. The topological polar surface area (TPSA) is 57.6 Å². The van der Waals surface area contributed by atoms with Gasteiger partial charge in [-0.1, -0.05) is 0 Å². The van der Waals surface area contributed by atoms with E-state index >= 15 is 0 Å². The number of carbonyl (C=O) groups excluding carboxylic acids is 1. The lowest BCUT2D eigenvalue weighted by Gasteiger charge is -2.16. The van der Waals surface area contributed by atoms with Gasteiger partial charge in [0, 0.05) is 13.1 Å². The largest absolute Gasteiger partial charge is 0.481 e. The number of carboxylic acids is 1. The highest BCUT2D eigenvalue weighted by atomic mass is 19.2. The van der Waals surface area contributed by atoms with E-state index in [0.717, 1.165) is 11.0 Å². The van der Waals surface area contributed by atoms with Gasteiger partial charge in [0.05, 0.1) is 11.5 Å². The number of benzene rings is 1. The van der Waals surface area contributed by atoms with Crippen molar-refractivity contribution in [3.8, 4) is 0 Å². The number of aliphatic carboxylic acids is 1. The predicted molar refractivity (Wildman–Crippen MR) is 58.0 cm³/mol. The molecule has 1 aliphatic rings. The van der Waals surface area contributed by atoms with Crippen LogP contribution in [0, 0.1) is 23.4 Å². The van der Waals surface area contributed by atoms with E-state index in [1.165, 1.54) is 0 Å². The molecule has 0 unspecified atom stereocenters. The summed E-state index contributed by atoms with van der Waals surface area (Å²) in [6, 6.07) is 1.51. The lowest BCUT2D eigenvalue weighted by atomic mass is 10.1. The molecule has 102 valence electrons. The van der Waals surface area contributed by atoms with Crippen LogP contribution in [0.1, 0.15) is 16.8 Å². The van der Waals surface area contributed by atoms with Crippen LogP contribution in [0.3, 0.4) is 0 Å². The highest BCUT2D eigenvalue weighted by Gasteiger charge is 2.32. The van der Waals surface area contributed by atoms with Gasteiger partial charge in [-0.05, 0) is 18.6 Å². The van der Waals surface area contributed by atoms with Gasteiger partial charge in [-0.25, -0.2) is 13.2 Å². The Balaban J connectivity index is 2.22. The van der Waals surface area contributed by atoms with Crippen LogP contribution < -0.4 is 0 Å². The van der Waals surface area contributed by atoms with Crippen LogP contribution in [0.25, 0.3) is 0 Å². The zero-order chi connectivity index (χ0) is 14.2. The number of hydrogen-bond acceptors (Lipinski definition) is 2. The third-order valence-corrected chi connectivity index (χ3v) is 3.09. The monoisotopic (exact) mass is 273 g/mol. The molecule has 19 heavy (non-hydrogen) atoms. The number of carbonyl (C=O) groups is 2. The third-order valence-electron chi connectivity index (χ3n) is 3.09. The maximum Gasteiger partial charge on any atom is 0.308 e. The molecule has 1 atom stereocenters. The fourth-order valence-electron chi connectivity index (χ4n) is 2.01. The predicted octanol–water partition coefficient (Wildman–Crippen LogP) is 1.65. The standard InChI is InChI=1S/C12H10F3NO3/c13-8-2-1-7(9(14)10(8)15)11(17)16-4-3-6(5-16)12(18)19/h1-2,6H,3-5H2,(H,18,19)/t6-/m1/s1. The van der Waals surface area contributed by atoms with Crippen LogP contribution >= 0.6 is 0 Å². The molecule has 1 N–H and O–H groups in total. The van der Waals surface area contributed by atoms with Gasteiger partial charge in [0.15, 0.2) is 17.5 Å². The zero-order valence-electron chi connectivity index (χ0n) is 9.70. The van der Waals surface area contributed by atoms with Crippen LogP contribution in [0.15, 0.2) is 12.1 Å². The summed E-state index contributed by atoms with van der Waals surface area (Å²) < 4.78 is 39.2. The van der Waals surface area contributed by atoms with Gasteiger partial charge in [-0.15, -0.1) is 0 Å². The molecule has 0 aromatic heterocycles. The van der Waals surface area contributed by atoms with E-state index in [2.05, 4.69) is 0 Å². The molecule has 0 radical (unpaired) electrons. The molecule has 1 aliphatic heterocycles. The quantitative estimate of drug-likeness (QED) is 0.833. The van der Waals surface area contributed by atoms with E-state index in [1.54, 1.807) is 0 Å². The van der Waals surface area contributed by atoms with Gasteiger partial charge in [0.2, 0.25) is 0 Å². The van der Waals surface area contributed by atoms with Crippen molar-refractivity contribution in [2.45, 2.75) is 6.42 Å². The summed E-state index contributed by atoms with van der Waals surface area (Å²) in [5, 5.41) is 8.80. The molecule has 1 fully saturated rings. The van der Waals surface area contributed by atoms with Crippen molar-refractivity contribution in [3.63, 3.8) is 0 Å². The Kier molecular flexibility index (Phi) is 3.46. The third kappa shape index (κ3) is 2.40. The SMILES string of the molecule is O=C(O)[C@@H]1CCN(C(=O)c2ccc(F)c(F)c2F)C1. The van der Waals surface area contributed by atoms with E-state index in [4.69, 9.17) is 5.11 Å². The second-order valence-electron chi connectivity index (χ2n) is 4.30. The number of likely N-dealkylation sites (tertiary alicyclic amines) is 1. The Morgan fingerprint density at radius 2 is 1.89 bits per heavy atom. The van der Waals surface area contributed by atoms with Crippen molar-refractivity contribution in [3.05, 3.63) is 35.1 Å². The van der Waals surface area contributed by atoms with E-state index < -0.39 is 40.8 Å². The Hall–Kier alpha value is -2.05.